The summed E-state index contributed by atoms with van der Waals surface area (Å²) in [6, 6.07) is 4.14. The Balaban J connectivity index is 3.05. The Kier molecular flexibility index (Phi) is 5.29. The summed E-state index contributed by atoms with van der Waals surface area (Å²) < 4.78 is 27.1. The first-order valence-electron chi connectivity index (χ1n) is 4.68. The summed E-state index contributed by atoms with van der Waals surface area (Å²) >= 11 is -3.71. The number of halogens is 1. The van der Waals surface area contributed by atoms with Gasteiger partial charge in [-0.25, -0.2) is 6.14 Å². The van der Waals surface area contributed by atoms with Gasteiger partial charge in [-0.15, -0.1) is 0 Å². The SMILES string of the molecule is O=C(O)Cc1cc(OCCO)ccc1I(=O)=O. The first kappa shape index (κ1) is 13.8. The third kappa shape index (κ3) is 4.27. The standard InChI is InChI=1S/C10H11IO6/c12-3-4-17-8-1-2-9(11(15)16)7(5-8)6-10(13)14/h1-2,5,12H,3-4,6H2,(H,13,14). The molecule has 17 heavy (non-hydrogen) atoms. The zero-order valence-electron chi connectivity index (χ0n) is 8.76. The minimum absolute atomic E-state index is 0.0629. The van der Waals surface area contributed by atoms with Crippen LogP contribution in [-0.2, 0) is 17.4 Å². The molecule has 0 spiro atoms. The monoisotopic (exact) mass is 354 g/mol. The van der Waals surface area contributed by atoms with E-state index in [0.717, 1.165) is 0 Å². The van der Waals surface area contributed by atoms with E-state index >= 15 is 0 Å². The van der Waals surface area contributed by atoms with Gasteiger partial charge in [0.05, 0.1) is 16.6 Å². The van der Waals surface area contributed by atoms with Crippen LogP contribution in [0.15, 0.2) is 18.2 Å². The van der Waals surface area contributed by atoms with Gasteiger partial charge in [-0.05, 0) is 23.8 Å². The highest BCUT2D eigenvalue weighted by atomic mass is 127. The number of carbonyl (C=O) groups is 1. The molecule has 0 radical (unpaired) electrons. The number of carboxylic acid groups (broad SMARTS) is 1. The molecular formula is C10H11IO6. The quantitative estimate of drug-likeness (QED) is 0.741. The summed E-state index contributed by atoms with van der Waals surface area (Å²) in [5.41, 5.74) is 0.211. The number of hydrogen-bond donors (Lipinski definition) is 2. The lowest BCUT2D eigenvalue weighted by Gasteiger charge is -2.07. The Morgan fingerprint density at radius 1 is 1.35 bits per heavy atom. The Morgan fingerprint density at radius 2 is 2.06 bits per heavy atom. The largest absolute Gasteiger partial charge is 0.491 e. The molecule has 2 N–H and O–H groups in total. The highest BCUT2D eigenvalue weighted by Gasteiger charge is 2.12. The van der Waals surface area contributed by atoms with E-state index in [1.165, 1.54) is 18.2 Å². The molecule has 0 aromatic heterocycles. The molecule has 1 aromatic carbocycles. The van der Waals surface area contributed by atoms with Crippen LogP contribution in [0.3, 0.4) is 0 Å². The maximum absolute atomic E-state index is 11.0. The van der Waals surface area contributed by atoms with Crippen LogP contribution in [0.25, 0.3) is 0 Å². The lowest BCUT2D eigenvalue weighted by Crippen LogP contribution is -2.05. The van der Waals surface area contributed by atoms with Gasteiger partial charge in [-0.1, -0.05) is 0 Å². The molecule has 0 aliphatic carbocycles. The van der Waals surface area contributed by atoms with Crippen LogP contribution in [0.1, 0.15) is 5.56 Å². The van der Waals surface area contributed by atoms with Gasteiger partial charge in [0, 0.05) is 0 Å². The number of carboxylic acids is 1. The van der Waals surface area contributed by atoms with Crippen LogP contribution >= 0.6 is 19.8 Å². The normalized spacial score (nSPS) is 10.5. The molecule has 94 valence electrons. The molecule has 0 bridgehead atoms. The second-order valence-corrected chi connectivity index (χ2v) is 5.52. The fraction of sp³-hybridized carbons (Fsp3) is 0.300. The third-order valence-electron chi connectivity index (χ3n) is 1.89. The molecule has 6 nitrogen and oxygen atoms in total. The number of ether oxygens (including phenoxy) is 1. The number of aliphatic hydroxyl groups is 1. The fourth-order valence-electron chi connectivity index (χ4n) is 1.25. The minimum Gasteiger partial charge on any atom is -0.491 e. The second kappa shape index (κ2) is 6.50. The van der Waals surface area contributed by atoms with Crippen LogP contribution in [0, 0.1) is 3.57 Å². The Morgan fingerprint density at radius 3 is 2.59 bits per heavy atom. The lowest BCUT2D eigenvalue weighted by atomic mass is 10.1. The van der Waals surface area contributed by atoms with Gasteiger partial charge in [0.1, 0.15) is 12.4 Å². The van der Waals surface area contributed by atoms with E-state index in [-0.39, 0.29) is 28.8 Å². The predicted molar refractivity (Wildman–Crippen MR) is 64.5 cm³/mol. The van der Waals surface area contributed by atoms with E-state index in [2.05, 4.69) is 0 Å². The van der Waals surface area contributed by atoms with Gasteiger partial charge < -0.3 is 14.9 Å². The number of benzene rings is 1. The van der Waals surface area contributed by atoms with Crippen molar-refractivity contribution in [3.63, 3.8) is 0 Å². The zero-order valence-corrected chi connectivity index (χ0v) is 10.9. The van der Waals surface area contributed by atoms with Gasteiger partial charge in [0.15, 0.2) is 0 Å². The van der Waals surface area contributed by atoms with Crippen LogP contribution in [0.4, 0.5) is 0 Å². The number of hydrogen-bond acceptors (Lipinski definition) is 5. The van der Waals surface area contributed by atoms with Crippen LogP contribution in [-0.4, -0.2) is 29.4 Å². The first-order chi connectivity index (χ1) is 8.04. The van der Waals surface area contributed by atoms with E-state index in [1.807, 2.05) is 0 Å². The van der Waals surface area contributed by atoms with E-state index in [9.17, 15) is 10.9 Å². The molecule has 0 saturated carbocycles. The molecule has 0 fully saturated rings. The maximum atomic E-state index is 11.0. The van der Waals surface area contributed by atoms with Crippen LogP contribution in [0.5, 0.6) is 5.75 Å². The molecule has 0 aliphatic rings. The van der Waals surface area contributed by atoms with Crippen molar-refractivity contribution in [2.45, 2.75) is 6.42 Å². The van der Waals surface area contributed by atoms with Gasteiger partial charge in [0.25, 0.3) is 0 Å². The zero-order chi connectivity index (χ0) is 12.8. The Labute approximate surface area is 104 Å². The van der Waals surface area contributed by atoms with Gasteiger partial charge in [-0.3, -0.25) is 4.79 Å². The number of aliphatic carboxylic acids is 1. The molecule has 0 saturated heterocycles. The molecule has 1 aromatic rings. The van der Waals surface area contributed by atoms with Gasteiger partial charge in [-0.2, -0.15) is 0 Å². The highest BCUT2D eigenvalue weighted by molar-refractivity contribution is 14.2. The second-order valence-electron chi connectivity index (χ2n) is 3.11. The molecular weight excluding hydrogens is 343 g/mol. The van der Waals surface area contributed by atoms with E-state index in [4.69, 9.17) is 14.9 Å². The molecule has 0 amide bonds. The average molecular weight is 354 g/mol. The van der Waals surface area contributed by atoms with Crippen molar-refractivity contribution < 1.29 is 25.9 Å². The summed E-state index contributed by atoms with van der Waals surface area (Å²) in [6.45, 7) is -0.0967. The number of rotatable bonds is 6. The summed E-state index contributed by atoms with van der Waals surface area (Å²) in [7, 11) is 0. The molecule has 0 aliphatic heterocycles. The molecule has 0 heterocycles. The van der Waals surface area contributed by atoms with Crippen molar-refractivity contribution in [3.05, 3.63) is 27.3 Å². The van der Waals surface area contributed by atoms with E-state index in [1.54, 1.807) is 0 Å². The molecule has 0 unspecified atom stereocenters. The smallest absolute Gasteiger partial charge is 0.341 e. The highest BCUT2D eigenvalue weighted by Crippen LogP contribution is 2.26. The van der Waals surface area contributed by atoms with Crippen LogP contribution < -0.4 is 4.74 Å². The summed E-state index contributed by atoms with van der Waals surface area (Å²) in [5, 5.41) is 17.2. The fourth-order valence-corrected chi connectivity index (χ4v) is 2.64. The maximum Gasteiger partial charge on any atom is 0.341 e. The van der Waals surface area contributed by atoms with Crippen molar-refractivity contribution in [2.24, 2.45) is 0 Å². The Bertz CT molecular complexity index is 472. The van der Waals surface area contributed by atoms with Crippen molar-refractivity contribution in [2.75, 3.05) is 13.2 Å². The van der Waals surface area contributed by atoms with Crippen LogP contribution in [0.2, 0.25) is 0 Å². The van der Waals surface area contributed by atoms with Crippen molar-refractivity contribution in [1.82, 2.24) is 0 Å². The van der Waals surface area contributed by atoms with Crippen molar-refractivity contribution >= 4 is 25.8 Å². The topological polar surface area (TPSA) is 101 Å². The number of aliphatic hydroxyl groups excluding tert-OH is 1. The molecule has 7 heteroatoms. The summed E-state index contributed by atoms with van der Waals surface area (Å²) in [6.07, 6.45) is -0.371. The van der Waals surface area contributed by atoms with Crippen molar-refractivity contribution in [1.29, 1.82) is 0 Å². The van der Waals surface area contributed by atoms with E-state index < -0.39 is 25.8 Å². The third-order valence-corrected chi connectivity index (χ3v) is 3.89. The van der Waals surface area contributed by atoms with Gasteiger partial charge >= 0.3 is 25.8 Å². The predicted octanol–water partition coefficient (Wildman–Crippen LogP) is 1.05. The first-order valence-corrected chi connectivity index (χ1v) is 7.52. The average Bonchev–Trinajstić information content (AvgIpc) is 2.25. The lowest BCUT2D eigenvalue weighted by molar-refractivity contribution is -0.136. The summed E-state index contributed by atoms with van der Waals surface area (Å²) in [4.78, 5) is 10.6. The Hall–Kier alpha value is -1.22. The molecule has 0 atom stereocenters. The summed E-state index contributed by atoms with van der Waals surface area (Å²) in [5.74, 6) is -0.764. The van der Waals surface area contributed by atoms with E-state index in [0.29, 0.717) is 5.75 Å². The van der Waals surface area contributed by atoms with Gasteiger partial charge in [0.2, 0.25) is 0 Å². The molecule has 1 rings (SSSR count). The van der Waals surface area contributed by atoms with Crippen molar-refractivity contribution in [3.8, 4) is 5.75 Å². The minimum atomic E-state index is -3.71.